The predicted octanol–water partition coefficient (Wildman–Crippen LogP) is 2.67. The van der Waals surface area contributed by atoms with Crippen molar-refractivity contribution in [2.75, 3.05) is 13.1 Å². The number of hydrogen-bond donors (Lipinski definition) is 0. The van der Waals surface area contributed by atoms with E-state index in [9.17, 15) is 8.42 Å². The molecule has 0 amide bonds. The SMILES string of the molecule is CCn1cc(S(=O)(=O)N2CCCC(C)C2)cc1CCl. The fraction of sp³-hybridized carbons (Fsp3) is 0.692. The van der Waals surface area contributed by atoms with Crippen LogP contribution in [0.25, 0.3) is 0 Å². The van der Waals surface area contributed by atoms with Crippen molar-refractivity contribution in [1.29, 1.82) is 0 Å². The second kappa shape index (κ2) is 5.85. The van der Waals surface area contributed by atoms with Crippen molar-refractivity contribution >= 4 is 21.6 Å². The van der Waals surface area contributed by atoms with Crippen LogP contribution in [0.4, 0.5) is 0 Å². The number of hydrogen-bond acceptors (Lipinski definition) is 2. The van der Waals surface area contributed by atoms with Gasteiger partial charge in [0.1, 0.15) is 4.90 Å². The van der Waals surface area contributed by atoms with E-state index in [2.05, 4.69) is 6.92 Å². The van der Waals surface area contributed by atoms with Crippen LogP contribution in [0.1, 0.15) is 32.4 Å². The highest BCUT2D eigenvalue weighted by Gasteiger charge is 2.29. The Balaban J connectivity index is 2.31. The van der Waals surface area contributed by atoms with Crippen molar-refractivity contribution < 1.29 is 8.42 Å². The van der Waals surface area contributed by atoms with Gasteiger partial charge in [-0.2, -0.15) is 4.31 Å². The Morgan fingerprint density at radius 2 is 2.21 bits per heavy atom. The Morgan fingerprint density at radius 3 is 2.74 bits per heavy atom. The molecule has 0 aliphatic carbocycles. The summed E-state index contributed by atoms with van der Waals surface area (Å²) in [6, 6.07) is 1.70. The van der Waals surface area contributed by atoms with Crippen LogP contribution in [0, 0.1) is 5.92 Å². The normalized spacial score (nSPS) is 21.7. The molecule has 6 heteroatoms. The van der Waals surface area contributed by atoms with Gasteiger partial charge < -0.3 is 4.57 Å². The Labute approximate surface area is 120 Å². The highest BCUT2D eigenvalue weighted by Crippen LogP contribution is 2.25. The summed E-state index contributed by atoms with van der Waals surface area (Å²) in [5, 5.41) is 0. The zero-order chi connectivity index (χ0) is 14.0. The van der Waals surface area contributed by atoms with E-state index in [1.165, 1.54) is 0 Å². The van der Waals surface area contributed by atoms with E-state index in [1.54, 1.807) is 16.6 Å². The summed E-state index contributed by atoms with van der Waals surface area (Å²) < 4.78 is 28.7. The standard InChI is InChI=1S/C13H21ClN2O2S/c1-3-15-10-13(7-12(15)8-14)19(17,18)16-6-4-5-11(2)9-16/h7,10-11H,3-6,8-9H2,1-2H3. The van der Waals surface area contributed by atoms with E-state index in [4.69, 9.17) is 11.6 Å². The summed E-state index contributed by atoms with van der Waals surface area (Å²) in [7, 11) is -3.36. The smallest absolute Gasteiger partial charge is 0.244 e. The van der Waals surface area contributed by atoms with Crippen LogP contribution in [0.2, 0.25) is 0 Å². The molecule has 0 saturated carbocycles. The van der Waals surface area contributed by atoms with Gasteiger partial charge in [-0.05, 0) is 31.7 Å². The number of piperidine rings is 1. The van der Waals surface area contributed by atoms with Crippen LogP contribution >= 0.6 is 11.6 Å². The summed E-state index contributed by atoms with van der Waals surface area (Å²) in [6.45, 7) is 6.06. The lowest BCUT2D eigenvalue weighted by atomic mass is 10.0. The Bertz CT molecular complexity index is 517. The third-order valence-electron chi connectivity index (χ3n) is 3.70. The number of nitrogens with zero attached hydrogens (tertiary/aromatic N) is 2. The van der Waals surface area contributed by atoms with Crippen LogP contribution in [0.15, 0.2) is 17.2 Å². The molecule has 0 spiro atoms. The highest BCUT2D eigenvalue weighted by atomic mass is 35.5. The van der Waals surface area contributed by atoms with E-state index in [0.29, 0.717) is 29.8 Å². The molecule has 0 aromatic carbocycles. The van der Waals surface area contributed by atoms with Crippen molar-refractivity contribution in [3.05, 3.63) is 18.0 Å². The molecule has 4 nitrogen and oxygen atoms in total. The maximum atomic E-state index is 12.6. The molecule has 1 atom stereocenters. The lowest BCUT2D eigenvalue weighted by molar-refractivity contribution is 0.281. The molecular formula is C13H21ClN2O2S. The Hall–Kier alpha value is -0.520. The quantitative estimate of drug-likeness (QED) is 0.803. The first-order chi connectivity index (χ1) is 8.98. The average Bonchev–Trinajstić information content (AvgIpc) is 2.82. The van der Waals surface area contributed by atoms with E-state index >= 15 is 0 Å². The molecule has 2 rings (SSSR count). The third kappa shape index (κ3) is 2.98. The average molecular weight is 305 g/mol. The Kier molecular flexibility index (Phi) is 4.58. The number of sulfonamides is 1. The molecule has 108 valence electrons. The topological polar surface area (TPSA) is 42.3 Å². The lowest BCUT2D eigenvalue weighted by Crippen LogP contribution is -2.38. The van der Waals surface area contributed by atoms with Gasteiger partial charge >= 0.3 is 0 Å². The van der Waals surface area contributed by atoms with Gasteiger partial charge in [-0.3, -0.25) is 0 Å². The van der Waals surface area contributed by atoms with Crippen LogP contribution in [-0.2, 0) is 22.4 Å². The summed E-state index contributed by atoms with van der Waals surface area (Å²) in [5.74, 6) is 0.768. The third-order valence-corrected chi connectivity index (χ3v) is 5.80. The predicted molar refractivity (Wildman–Crippen MR) is 76.8 cm³/mol. The summed E-state index contributed by atoms with van der Waals surface area (Å²) in [6.07, 6.45) is 3.75. The lowest BCUT2D eigenvalue weighted by Gasteiger charge is -2.29. The van der Waals surface area contributed by atoms with E-state index < -0.39 is 10.0 Å². The minimum absolute atomic E-state index is 0.333. The van der Waals surface area contributed by atoms with Crippen LogP contribution in [0.3, 0.4) is 0 Å². The molecular weight excluding hydrogens is 284 g/mol. The summed E-state index contributed by atoms with van der Waals surface area (Å²) >= 11 is 5.85. The molecule has 0 radical (unpaired) electrons. The van der Waals surface area contributed by atoms with Crippen LogP contribution in [0.5, 0.6) is 0 Å². The van der Waals surface area contributed by atoms with Gasteiger partial charge in [-0.25, -0.2) is 8.42 Å². The van der Waals surface area contributed by atoms with E-state index in [1.807, 2.05) is 11.5 Å². The number of halogens is 1. The monoisotopic (exact) mass is 304 g/mol. The highest BCUT2D eigenvalue weighted by molar-refractivity contribution is 7.89. The zero-order valence-corrected chi connectivity index (χ0v) is 13.0. The van der Waals surface area contributed by atoms with Gasteiger partial charge in [0.15, 0.2) is 0 Å². The fourth-order valence-corrected chi connectivity index (χ4v) is 4.48. The summed E-state index contributed by atoms with van der Waals surface area (Å²) in [4.78, 5) is 0.374. The summed E-state index contributed by atoms with van der Waals surface area (Å²) in [5.41, 5.74) is 0.854. The molecule has 1 fully saturated rings. The first-order valence-corrected chi connectivity index (χ1v) is 8.71. The van der Waals surface area contributed by atoms with Crippen molar-refractivity contribution in [1.82, 2.24) is 8.87 Å². The second-order valence-electron chi connectivity index (χ2n) is 5.20. The largest absolute Gasteiger partial charge is 0.349 e. The van der Waals surface area contributed by atoms with Crippen molar-refractivity contribution in [3.8, 4) is 0 Å². The number of aryl methyl sites for hydroxylation is 1. The Morgan fingerprint density at radius 1 is 1.47 bits per heavy atom. The van der Waals surface area contributed by atoms with Crippen molar-refractivity contribution in [3.63, 3.8) is 0 Å². The molecule has 1 unspecified atom stereocenters. The molecule has 0 bridgehead atoms. The van der Waals surface area contributed by atoms with Gasteiger partial charge in [0.2, 0.25) is 10.0 Å². The maximum Gasteiger partial charge on any atom is 0.244 e. The second-order valence-corrected chi connectivity index (χ2v) is 7.40. The number of alkyl halides is 1. The first kappa shape index (κ1) is 14.9. The van der Waals surface area contributed by atoms with Gasteiger partial charge in [0.05, 0.1) is 5.88 Å². The zero-order valence-electron chi connectivity index (χ0n) is 11.5. The molecule has 1 aliphatic rings. The molecule has 19 heavy (non-hydrogen) atoms. The van der Waals surface area contributed by atoms with Gasteiger partial charge in [-0.15, -0.1) is 11.6 Å². The number of aromatic nitrogens is 1. The molecule has 1 aromatic rings. The molecule has 0 N–H and O–H groups in total. The van der Waals surface area contributed by atoms with Crippen molar-refractivity contribution in [2.24, 2.45) is 5.92 Å². The fourth-order valence-electron chi connectivity index (χ4n) is 2.59. The van der Waals surface area contributed by atoms with E-state index in [-0.39, 0.29) is 0 Å². The van der Waals surface area contributed by atoms with E-state index in [0.717, 1.165) is 25.1 Å². The molecule has 1 aliphatic heterocycles. The minimum Gasteiger partial charge on any atom is -0.349 e. The van der Waals surface area contributed by atoms with Crippen molar-refractivity contribution in [2.45, 2.75) is 44.0 Å². The molecule has 1 aromatic heterocycles. The van der Waals surface area contributed by atoms with Gasteiger partial charge in [0, 0.05) is 31.5 Å². The maximum absolute atomic E-state index is 12.6. The van der Waals surface area contributed by atoms with Gasteiger partial charge in [-0.1, -0.05) is 6.92 Å². The van der Waals surface area contributed by atoms with Gasteiger partial charge in [0.25, 0.3) is 0 Å². The van der Waals surface area contributed by atoms with Crippen LogP contribution < -0.4 is 0 Å². The first-order valence-electron chi connectivity index (χ1n) is 6.74. The molecule has 2 heterocycles. The minimum atomic E-state index is -3.36. The number of rotatable bonds is 4. The molecule has 1 saturated heterocycles. The van der Waals surface area contributed by atoms with Crippen LogP contribution in [-0.4, -0.2) is 30.4 Å².